The van der Waals surface area contributed by atoms with Crippen LogP contribution in [0.3, 0.4) is 0 Å². The summed E-state index contributed by atoms with van der Waals surface area (Å²) in [5, 5.41) is 0. The predicted octanol–water partition coefficient (Wildman–Crippen LogP) is 21.7. The molecule has 0 atom stereocenters. The Morgan fingerprint density at radius 3 is 1.27 bits per heavy atom. The van der Waals surface area contributed by atoms with Gasteiger partial charge >= 0.3 is 331 Å². The molecule has 0 saturated heterocycles. The molecular weight excluding hydrogens is 1030 g/mol. The van der Waals surface area contributed by atoms with Gasteiger partial charge in [-0.05, 0) is 0 Å². The number of hydrogen-bond acceptors (Lipinski definition) is 6. The molecule has 1 aliphatic rings. The summed E-state index contributed by atoms with van der Waals surface area (Å²) in [6, 6.07) is 5.56. The number of thiophene rings is 2. The zero-order chi connectivity index (χ0) is 46.7. The molecule has 0 aliphatic heterocycles. The van der Waals surface area contributed by atoms with Crippen LogP contribution in [0.1, 0.15) is 277 Å². The molecule has 0 N–H and O–H groups in total. The van der Waals surface area contributed by atoms with Gasteiger partial charge < -0.3 is 0 Å². The zero-order valence-corrected chi connectivity index (χ0v) is 50.1. The summed E-state index contributed by atoms with van der Waals surface area (Å²) in [5.74, 6) is 0. The van der Waals surface area contributed by atoms with E-state index >= 15 is 0 Å². The van der Waals surface area contributed by atoms with E-state index in [9.17, 15) is 0 Å². The van der Waals surface area contributed by atoms with Crippen LogP contribution >= 0.6 is 50.3 Å². The van der Waals surface area contributed by atoms with Crippen molar-refractivity contribution in [2.75, 3.05) is 0 Å². The number of unbranched alkanes of at least 4 members (excludes halogenated alkanes) is 29. The van der Waals surface area contributed by atoms with Gasteiger partial charge in [-0.3, -0.25) is 0 Å². The van der Waals surface area contributed by atoms with Gasteiger partial charge in [0.25, 0.3) is 0 Å². The number of aromatic nitrogens is 3. The first-order chi connectivity index (χ1) is 32.5. The Bertz CT molecular complexity index is 1830. The summed E-state index contributed by atoms with van der Waals surface area (Å²) in [6.07, 6.45) is 52.6. The summed E-state index contributed by atoms with van der Waals surface area (Å²) >= 11 is 6.75. The van der Waals surface area contributed by atoms with E-state index < -0.39 is 18.4 Å². The van der Waals surface area contributed by atoms with Crippen molar-refractivity contribution in [3.63, 3.8) is 0 Å². The van der Waals surface area contributed by atoms with Crippen LogP contribution < -0.4 is 2.89 Å². The Morgan fingerprint density at radius 2 is 0.833 bits per heavy atom. The average Bonchev–Trinajstić information content (AvgIpc) is 4.14. The standard InChI is InChI=1S/C46H69BrN3S3.3C4H9.Sn/c1-3-5-7-9-11-13-15-17-19-21-23-25-27-29-32-46(33-30-28-26-24-22-20-18-16-14-12-10-8-6-4-2)37-31-34-51-44(37)45-38(46)35-40(52-45)42-43-41(49-53-50-43)39(47)36-48-42;3*1-3-4-2;/h31,35-36H,3-30,32-33H2,1-2H3;3*1,3-4H2,2H3;. The second kappa shape index (κ2) is 32.6. The Balaban J connectivity index is 1.36. The predicted molar refractivity (Wildman–Crippen MR) is 305 cm³/mol. The van der Waals surface area contributed by atoms with Gasteiger partial charge in [0.2, 0.25) is 0 Å². The van der Waals surface area contributed by atoms with Gasteiger partial charge in [0.05, 0.1) is 0 Å². The molecule has 66 heavy (non-hydrogen) atoms. The SMILES string of the molecule is CCCCCCCCCCCCCCCCC1(CCCCCCCCCCCCCCCC)c2cc(-c3ncc(Br)c4nsnc34)sc2-c2s[c]([Sn]([CH2]CCC)([CH2]CCC)[CH2]CCC)cc21. The number of nitrogens with zero attached hydrogens (tertiary/aromatic N) is 3. The Morgan fingerprint density at radius 1 is 0.455 bits per heavy atom. The molecule has 0 radical (unpaired) electrons. The van der Waals surface area contributed by atoms with Gasteiger partial charge in [-0.25, -0.2) is 0 Å². The van der Waals surface area contributed by atoms with Gasteiger partial charge in [-0.15, -0.1) is 0 Å². The Kier molecular flexibility index (Phi) is 27.9. The zero-order valence-electron chi connectivity index (χ0n) is 43.3. The van der Waals surface area contributed by atoms with Crippen LogP contribution in [-0.4, -0.2) is 32.1 Å². The number of fused-ring (bicyclic) bond motifs is 4. The molecule has 3 nitrogen and oxygen atoms in total. The van der Waals surface area contributed by atoms with Crippen molar-refractivity contribution in [1.29, 1.82) is 0 Å². The molecule has 1 aliphatic carbocycles. The van der Waals surface area contributed by atoms with E-state index in [1.165, 1.54) is 248 Å². The van der Waals surface area contributed by atoms with Crippen molar-refractivity contribution < 1.29 is 0 Å². The topological polar surface area (TPSA) is 38.7 Å². The van der Waals surface area contributed by atoms with Crippen LogP contribution in [0.4, 0.5) is 0 Å². The van der Waals surface area contributed by atoms with Crippen LogP contribution in [0.5, 0.6) is 0 Å². The van der Waals surface area contributed by atoms with E-state index in [1.807, 2.05) is 20.4 Å². The van der Waals surface area contributed by atoms with Crippen molar-refractivity contribution in [2.45, 2.75) is 284 Å². The van der Waals surface area contributed by atoms with Crippen molar-refractivity contribution in [3.8, 4) is 20.3 Å². The quantitative estimate of drug-likeness (QED) is 0.0328. The number of halogens is 1. The molecule has 4 aromatic heterocycles. The van der Waals surface area contributed by atoms with Gasteiger partial charge in [0, 0.05) is 0 Å². The van der Waals surface area contributed by atoms with Crippen molar-refractivity contribution >= 4 is 82.6 Å². The fourth-order valence-electron chi connectivity index (χ4n) is 11.5. The van der Waals surface area contributed by atoms with E-state index in [0.29, 0.717) is 0 Å². The first-order valence-electron chi connectivity index (χ1n) is 28.5. The van der Waals surface area contributed by atoms with Crippen molar-refractivity contribution in [1.82, 2.24) is 13.7 Å². The molecule has 0 unspecified atom stereocenters. The van der Waals surface area contributed by atoms with Crippen LogP contribution in [0.2, 0.25) is 13.3 Å². The minimum absolute atomic E-state index is 0.120. The van der Waals surface area contributed by atoms with E-state index in [4.69, 9.17) is 13.7 Å². The number of rotatable bonds is 41. The Hall–Kier alpha value is -0.351. The summed E-state index contributed by atoms with van der Waals surface area (Å²) in [6.45, 7) is 12.0. The molecular formula is C58H96BrN3S3Sn. The van der Waals surface area contributed by atoms with E-state index in [1.54, 1.807) is 34.2 Å². The molecule has 0 bridgehead atoms. The third-order valence-electron chi connectivity index (χ3n) is 15.6. The molecule has 0 amide bonds. The maximum atomic E-state index is 5.08. The molecule has 5 rings (SSSR count). The summed E-state index contributed by atoms with van der Waals surface area (Å²) in [5.41, 5.74) is 6.49. The first-order valence-corrected chi connectivity index (χ1v) is 39.2. The molecule has 0 spiro atoms. The monoisotopic (exact) mass is 1130 g/mol. The maximum absolute atomic E-state index is 5.08. The third kappa shape index (κ3) is 16.9. The first kappa shape index (κ1) is 56.6. The third-order valence-corrected chi connectivity index (χ3v) is 37.4. The van der Waals surface area contributed by atoms with Gasteiger partial charge in [-0.1, -0.05) is 104 Å². The van der Waals surface area contributed by atoms with E-state index in [-0.39, 0.29) is 5.41 Å². The van der Waals surface area contributed by atoms with E-state index in [2.05, 4.69) is 74.0 Å². The molecule has 0 fully saturated rings. The van der Waals surface area contributed by atoms with Crippen LogP contribution in [0, 0.1) is 0 Å². The van der Waals surface area contributed by atoms with Crippen molar-refractivity contribution in [2.24, 2.45) is 0 Å². The van der Waals surface area contributed by atoms with E-state index in [0.717, 1.165) is 21.2 Å². The number of hydrogen-bond donors (Lipinski definition) is 0. The fourth-order valence-corrected chi connectivity index (χ4v) is 34.3. The fraction of sp³-hybridized carbons (Fsp3) is 0.776. The van der Waals surface area contributed by atoms with Gasteiger partial charge in [0.1, 0.15) is 0 Å². The van der Waals surface area contributed by atoms with Gasteiger partial charge in [-0.2, -0.15) is 0 Å². The second-order valence-electron chi connectivity index (χ2n) is 21.0. The second-order valence-corrected chi connectivity index (χ2v) is 38.6. The van der Waals surface area contributed by atoms with Gasteiger partial charge in [0.15, 0.2) is 0 Å². The molecule has 8 heteroatoms. The summed E-state index contributed by atoms with van der Waals surface area (Å²) < 4.78 is 17.1. The normalized spacial score (nSPS) is 13.4. The molecule has 4 aromatic rings. The molecule has 4 heterocycles. The molecule has 0 saturated carbocycles. The molecule has 372 valence electrons. The average molecular weight is 1130 g/mol. The number of pyridine rings is 1. The van der Waals surface area contributed by atoms with Crippen LogP contribution in [0.25, 0.3) is 31.4 Å². The Labute approximate surface area is 431 Å². The van der Waals surface area contributed by atoms with Crippen LogP contribution in [0.15, 0.2) is 22.8 Å². The van der Waals surface area contributed by atoms with Crippen LogP contribution in [-0.2, 0) is 5.41 Å². The summed E-state index contributed by atoms with van der Waals surface area (Å²) in [7, 11) is 0. The summed E-state index contributed by atoms with van der Waals surface area (Å²) in [4.78, 5) is 9.64. The minimum atomic E-state index is -2.67. The molecule has 0 aromatic carbocycles. The van der Waals surface area contributed by atoms with Crippen molar-refractivity contribution in [3.05, 3.63) is 33.9 Å².